The van der Waals surface area contributed by atoms with Gasteiger partial charge in [-0.1, -0.05) is 12.1 Å². The van der Waals surface area contributed by atoms with Crippen molar-refractivity contribution in [2.75, 3.05) is 0 Å². The molecule has 2 aromatic rings. The Morgan fingerprint density at radius 2 is 2.00 bits per heavy atom. The highest BCUT2D eigenvalue weighted by atomic mass is 127. The SMILES string of the molecule is Cc1nc(C)c(C(Cc2ccc(I)cc2)NN)s1. The molecular formula is C13H16IN3S. The van der Waals surface area contributed by atoms with Crippen LogP contribution >= 0.6 is 33.9 Å². The van der Waals surface area contributed by atoms with Crippen LogP contribution in [0.3, 0.4) is 0 Å². The maximum atomic E-state index is 5.69. The molecule has 96 valence electrons. The van der Waals surface area contributed by atoms with Gasteiger partial charge in [-0.25, -0.2) is 4.98 Å². The Labute approximate surface area is 125 Å². The molecule has 0 aliphatic carbocycles. The number of hydrazine groups is 1. The molecule has 0 aliphatic rings. The number of nitrogens with one attached hydrogen (secondary N) is 1. The lowest BCUT2D eigenvalue weighted by molar-refractivity contribution is 0.557. The average Bonchev–Trinajstić information content (AvgIpc) is 2.68. The molecule has 0 radical (unpaired) electrons. The fourth-order valence-electron chi connectivity index (χ4n) is 1.95. The molecule has 3 N–H and O–H groups in total. The Bertz CT molecular complexity index is 522. The van der Waals surface area contributed by atoms with Gasteiger partial charge in [0.05, 0.1) is 16.7 Å². The summed E-state index contributed by atoms with van der Waals surface area (Å²) >= 11 is 4.03. The van der Waals surface area contributed by atoms with Crippen LogP contribution in [0.4, 0.5) is 0 Å². The minimum absolute atomic E-state index is 0.135. The van der Waals surface area contributed by atoms with Crippen LogP contribution in [0, 0.1) is 17.4 Å². The van der Waals surface area contributed by atoms with Gasteiger partial charge in [-0.2, -0.15) is 0 Å². The first-order chi connectivity index (χ1) is 8.60. The van der Waals surface area contributed by atoms with Crippen LogP contribution in [0.2, 0.25) is 0 Å². The zero-order chi connectivity index (χ0) is 13.1. The number of hydrogen-bond donors (Lipinski definition) is 2. The molecule has 3 nitrogen and oxygen atoms in total. The van der Waals surface area contributed by atoms with Crippen molar-refractivity contribution in [1.29, 1.82) is 0 Å². The van der Waals surface area contributed by atoms with Crippen LogP contribution in [0.1, 0.15) is 27.2 Å². The van der Waals surface area contributed by atoms with Crippen LogP contribution < -0.4 is 11.3 Å². The molecule has 18 heavy (non-hydrogen) atoms. The maximum Gasteiger partial charge on any atom is 0.0900 e. The highest BCUT2D eigenvalue weighted by Gasteiger charge is 2.16. The quantitative estimate of drug-likeness (QED) is 0.492. The Kier molecular flexibility index (Phi) is 4.71. The van der Waals surface area contributed by atoms with E-state index >= 15 is 0 Å². The molecule has 1 atom stereocenters. The van der Waals surface area contributed by atoms with Gasteiger partial charge in [-0.05, 0) is 60.6 Å². The minimum atomic E-state index is 0.135. The lowest BCUT2D eigenvalue weighted by Crippen LogP contribution is -2.29. The number of hydrogen-bond acceptors (Lipinski definition) is 4. The van der Waals surface area contributed by atoms with Crippen LogP contribution in [0.15, 0.2) is 24.3 Å². The van der Waals surface area contributed by atoms with E-state index in [2.05, 4.69) is 57.3 Å². The number of aromatic nitrogens is 1. The summed E-state index contributed by atoms with van der Waals surface area (Å²) < 4.78 is 1.25. The zero-order valence-electron chi connectivity index (χ0n) is 10.4. The summed E-state index contributed by atoms with van der Waals surface area (Å²) in [6.45, 7) is 4.07. The molecule has 0 aliphatic heterocycles. The van der Waals surface area contributed by atoms with E-state index in [0.717, 1.165) is 17.1 Å². The number of rotatable bonds is 4. The molecular weight excluding hydrogens is 357 g/mol. The number of halogens is 1. The van der Waals surface area contributed by atoms with E-state index in [4.69, 9.17) is 5.84 Å². The summed E-state index contributed by atoms with van der Waals surface area (Å²) in [5.41, 5.74) is 5.26. The highest BCUT2D eigenvalue weighted by Crippen LogP contribution is 2.27. The van der Waals surface area contributed by atoms with Gasteiger partial charge in [-0.3, -0.25) is 11.3 Å². The number of nitrogens with two attached hydrogens (primary N) is 1. The lowest BCUT2D eigenvalue weighted by Gasteiger charge is -2.15. The monoisotopic (exact) mass is 373 g/mol. The molecule has 0 amide bonds. The second kappa shape index (κ2) is 6.10. The Balaban J connectivity index is 2.19. The third-order valence-electron chi connectivity index (χ3n) is 2.81. The van der Waals surface area contributed by atoms with E-state index < -0.39 is 0 Å². The van der Waals surface area contributed by atoms with Crippen molar-refractivity contribution in [1.82, 2.24) is 10.4 Å². The van der Waals surface area contributed by atoms with Gasteiger partial charge in [-0.15, -0.1) is 11.3 Å². The Morgan fingerprint density at radius 3 is 2.50 bits per heavy atom. The molecule has 5 heteroatoms. The van der Waals surface area contributed by atoms with Crippen molar-refractivity contribution >= 4 is 33.9 Å². The van der Waals surface area contributed by atoms with Crippen molar-refractivity contribution in [3.63, 3.8) is 0 Å². The van der Waals surface area contributed by atoms with Crippen molar-refractivity contribution in [3.05, 3.63) is 49.0 Å². The predicted octanol–water partition coefficient (Wildman–Crippen LogP) is 3.11. The normalized spacial score (nSPS) is 12.7. The largest absolute Gasteiger partial charge is 0.271 e. The fourth-order valence-corrected chi connectivity index (χ4v) is 3.30. The molecule has 1 unspecified atom stereocenters. The molecule has 0 bridgehead atoms. The molecule has 0 spiro atoms. The van der Waals surface area contributed by atoms with Gasteiger partial charge in [0.2, 0.25) is 0 Å². The Hall–Kier alpha value is -0.500. The molecule has 0 saturated carbocycles. The summed E-state index contributed by atoms with van der Waals surface area (Å²) in [7, 11) is 0. The fraction of sp³-hybridized carbons (Fsp3) is 0.308. The van der Waals surface area contributed by atoms with Gasteiger partial charge in [0, 0.05) is 8.45 Å². The predicted molar refractivity (Wildman–Crippen MR) is 84.5 cm³/mol. The van der Waals surface area contributed by atoms with Crippen molar-refractivity contribution in [2.24, 2.45) is 5.84 Å². The van der Waals surface area contributed by atoms with Crippen LogP contribution in [-0.2, 0) is 6.42 Å². The average molecular weight is 373 g/mol. The first-order valence-electron chi connectivity index (χ1n) is 5.74. The van der Waals surface area contributed by atoms with Gasteiger partial charge in [0.1, 0.15) is 0 Å². The van der Waals surface area contributed by atoms with E-state index in [0.29, 0.717) is 0 Å². The van der Waals surface area contributed by atoms with E-state index in [1.807, 2.05) is 13.8 Å². The third kappa shape index (κ3) is 3.28. The highest BCUT2D eigenvalue weighted by molar-refractivity contribution is 14.1. The summed E-state index contributed by atoms with van der Waals surface area (Å²) in [5.74, 6) is 5.69. The summed E-state index contributed by atoms with van der Waals surface area (Å²) in [4.78, 5) is 5.69. The second-order valence-corrected chi connectivity index (χ2v) is 6.71. The first kappa shape index (κ1) is 13.9. The van der Waals surface area contributed by atoms with Gasteiger partial charge < -0.3 is 0 Å². The number of aryl methyl sites for hydroxylation is 2. The number of benzene rings is 1. The van der Waals surface area contributed by atoms with Crippen molar-refractivity contribution in [3.8, 4) is 0 Å². The molecule has 1 aromatic carbocycles. The number of nitrogens with zero attached hydrogens (tertiary/aromatic N) is 1. The van der Waals surface area contributed by atoms with Crippen molar-refractivity contribution in [2.45, 2.75) is 26.3 Å². The van der Waals surface area contributed by atoms with Crippen molar-refractivity contribution < 1.29 is 0 Å². The van der Waals surface area contributed by atoms with Gasteiger partial charge >= 0.3 is 0 Å². The van der Waals surface area contributed by atoms with E-state index in [1.54, 1.807) is 11.3 Å². The zero-order valence-corrected chi connectivity index (χ0v) is 13.4. The van der Waals surface area contributed by atoms with E-state index in [1.165, 1.54) is 14.0 Å². The molecule has 1 aromatic heterocycles. The molecule has 0 saturated heterocycles. The van der Waals surface area contributed by atoms with E-state index in [-0.39, 0.29) is 6.04 Å². The van der Waals surface area contributed by atoms with Gasteiger partial charge in [0.15, 0.2) is 0 Å². The summed E-state index contributed by atoms with van der Waals surface area (Å²) in [5, 5.41) is 1.09. The Morgan fingerprint density at radius 1 is 1.33 bits per heavy atom. The third-order valence-corrected chi connectivity index (χ3v) is 4.72. The summed E-state index contributed by atoms with van der Waals surface area (Å²) in [6, 6.07) is 8.67. The first-order valence-corrected chi connectivity index (χ1v) is 7.64. The maximum absolute atomic E-state index is 5.69. The smallest absolute Gasteiger partial charge is 0.0900 e. The molecule has 0 fully saturated rings. The van der Waals surface area contributed by atoms with E-state index in [9.17, 15) is 0 Å². The molecule has 1 heterocycles. The summed E-state index contributed by atoms with van der Waals surface area (Å²) in [6.07, 6.45) is 0.885. The van der Waals surface area contributed by atoms with Crippen LogP contribution in [0.25, 0.3) is 0 Å². The number of thiazole rings is 1. The lowest BCUT2D eigenvalue weighted by atomic mass is 10.0. The minimum Gasteiger partial charge on any atom is -0.271 e. The topological polar surface area (TPSA) is 50.9 Å². The molecule has 2 rings (SSSR count). The second-order valence-electron chi connectivity index (χ2n) is 4.23. The van der Waals surface area contributed by atoms with Crippen LogP contribution in [0.5, 0.6) is 0 Å². The standard InChI is InChI=1S/C13H16IN3S/c1-8-13(18-9(2)16-8)12(17-15)7-10-3-5-11(14)6-4-10/h3-6,12,17H,7,15H2,1-2H3. The van der Waals surface area contributed by atoms with Crippen LogP contribution in [-0.4, -0.2) is 4.98 Å². The van der Waals surface area contributed by atoms with Gasteiger partial charge in [0.25, 0.3) is 0 Å².